The van der Waals surface area contributed by atoms with Gasteiger partial charge in [0.05, 0.1) is 0 Å². The Bertz CT molecular complexity index is 386. The van der Waals surface area contributed by atoms with Gasteiger partial charge in [-0.15, -0.1) is 0 Å². The SMILES string of the molecule is CC1=C(C(=O)OC(C)(C)C)C(=S)CC(C)(C)O1. The van der Waals surface area contributed by atoms with Crippen LogP contribution in [0.5, 0.6) is 0 Å². The highest BCUT2D eigenvalue weighted by Crippen LogP contribution is 2.30. The van der Waals surface area contributed by atoms with Crippen molar-refractivity contribution in [3.05, 3.63) is 11.3 Å². The average molecular weight is 256 g/mol. The molecule has 0 aromatic rings. The molecule has 4 heteroatoms. The summed E-state index contributed by atoms with van der Waals surface area (Å²) in [5.41, 5.74) is -0.450. The number of hydrogen-bond donors (Lipinski definition) is 0. The number of thiocarbonyl (C=S) groups is 1. The van der Waals surface area contributed by atoms with E-state index in [2.05, 4.69) is 0 Å². The molecule has 0 N–H and O–H groups in total. The molecule has 0 bridgehead atoms. The summed E-state index contributed by atoms with van der Waals surface area (Å²) in [5.74, 6) is 0.163. The van der Waals surface area contributed by atoms with Gasteiger partial charge in [0.2, 0.25) is 0 Å². The first-order valence-corrected chi connectivity index (χ1v) is 6.09. The van der Waals surface area contributed by atoms with Crippen LogP contribution in [0.25, 0.3) is 0 Å². The molecule has 0 unspecified atom stereocenters. The number of esters is 1. The highest BCUT2D eigenvalue weighted by atomic mass is 32.1. The summed E-state index contributed by atoms with van der Waals surface area (Å²) in [6, 6.07) is 0. The van der Waals surface area contributed by atoms with Crippen molar-refractivity contribution in [2.75, 3.05) is 0 Å². The zero-order valence-corrected chi connectivity index (χ0v) is 12.2. The second-order valence-corrected chi connectivity index (χ2v) is 6.39. The minimum absolute atomic E-state index is 0.341. The summed E-state index contributed by atoms with van der Waals surface area (Å²) in [7, 11) is 0. The van der Waals surface area contributed by atoms with Gasteiger partial charge < -0.3 is 9.47 Å². The Morgan fingerprint density at radius 1 is 1.41 bits per heavy atom. The monoisotopic (exact) mass is 256 g/mol. The third-order valence-electron chi connectivity index (χ3n) is 2.25. The molecule has 0 atom stereocenters. The first-order chi connectivity index (χ1) is 7.52. The van der Waals surface area contributed by atoms with Crippen molar-refractivity contribution in [3.63, 3.8) is 0 Å². The lowest BCUT2D eigenvalue weighted by Crippen LogP contribution is -2.36. The zero-order valence-electron chi connectivity index (χ0n) is 11.3. The normalized spacial score (nSPS) is 20.0. The van der Waals surface area contributed by atoms with Crippen LogP contribution in [0.3, 0.4) is 0 Å². The van der Waals surface area contributed by atoms with Crippen molar-refractivity contribution in [2.24, 2.45) is 0 Å². The van der Waals surface area contributed by atoms with Gasteiger partial charge in [-0.05, 0) is 41.5 Å². The van der Waals surface area contributed by atoms with E-state index in [0.29, 0.717) is 22.6 Å². The minimum atomic E-state index is -0.521. The molecule has 1 aliphatic rings. The van der Waals surface area contributed by atoms with E-state index in [-0.39, 0.29) is 5.60 Å². The van der Waals surface area contributed by atoms with Crippen LogP contribution in [0.15, 0.2) is 11.3 Å². The molecular weight excluding hydrogens is 236 g/mol. The predicted molar refractivity (Wildman–Crippen MR) is 70.9 cm³/mol. The van der Waals surface area contributed by atoms with Crippen LogP contribution in [0.4, 0.5) is 0 Å². The first-order valence-electron chi connectivity index (χ1n) is 5.68. The zero-order chi connectivity index (χ0) is 13.4. The number of carbonyl (C=O) groups excluding carboxylic acids is 1. The molecule has 0 aliphatic carbocycles. The maximum atomic E-state index is 12.0. The second kappa shape index (κ2) is 4.41. The molecule has 3 nitrogen and oxygen atoms in total. The maximum absolute atomic E-state index is 12.0. The van der Waals surface area contributed by atoms with Crippen molar-refractivity contribution in [1.29, 1.82) is 0 Å². The molecule has 1 aliphatic heterocycles. The van der Waals surface area contributed by atoms with Gasteiger partial charge in [-0.3, -0.25) is 0 Å². The van der Waals surface area contributed by atoms with Crippen LogP contribution >= 0.6 is 12.2 Å². The van der Waals surface area contributed by atoms with Gasteiger partial charge in [-0.2, -0.15) is 0 Å². The van der Waals surface area contributed by atoms with Crippen LogP contribution in [0, 0.1) is 0 Å². The Morgan fingerprint density at radius 3 is 2.35 bits per heavy atom. The quantitative estimate of drug-likeness (QED) is 0.533. The lowest BCUT2D eigenvalue weighted by molar-refractivity contribution is -0.149. The summed E-state index contributed by atoms with van der Waals surface area (Å²) in [6.07, 6.45) is 0.564. The average Bonchev–Trinajstić information content (AvgIpc) is 1.94. The van der Waals surface area contributed by atoms with Crippen molar-refractivity contribution in [3.8, 4) is 0 Å². The van der Waals surface area contributed by atoms with E-state index in [1.165, 1.54) is 0 Å². The summed E-state index contributed by atoms with van der Waals surface area (Å²) < 4.78 is 11.0. The molecule has 0 saturated heterocycles. The van der Waals surface area contributed by atoms with Gasteiger partial charge in [-0.25, -0.2) is 4.79 Å². The van der Waals surface area contributed by atoms with Gasteiger partial charge in [0.25, 0.3) is 0 Å². The molecule has 17 heavy (non-hydrogen) atoms. The second-order valence-electron chi connectivity index (χ2n) is 5.89. The van der Waals surface area contributed by atoms with Crippen molar-refractivity contribution in [1.82, 2.24) is 0 Å². The smallest absolute Gasteiger partial charge is 0.343 e. The summed E-state index contributed by atoms with van der Waals surface area (Å²) in [5, 5.41) is 0. The van der Waals surface area contributed by atoms with E-state index < -0.39 is 11.6 Å². The number of carbonyl (C=O) groups is 1. The van der Waals surface area contributed by atoms with Crippen molar-refractivity contribution < 1.29 is 14.3 Å². The molecule has 0 saturated carbocycles. The van der Waals surface area contributed by atoms with E-state index in [4.69, 9.17) is 21.7 Å². The highest BCUT2D eigenvalue weighted by molar-refractivity contribution is 7.81. The molecule has 0 radical (unpaired) electrons. The molecule has 1 heterocycles. The largest absolute Gasteiger partial charge is 0.491 e. The van der Waals surface area contributed by atoms with E-state index in [1.807, 2.05) is 34.6 Å². The topological polar surface area (TPSA) is 35.5 Å². The summed E-state index contributed by atoms with van der Waals surface area (Å²) in [4.78, 5) is 12.6. The molecule has 96 valence electrons. The van der Waals surface area contributed by atoms with Gasteiger partial charge in [0, 0.05) is 11.3 Å². The molecule has 0 aromatic heterocycles. The predicted octanol–water partition coefficient (Wildman–Crippen LogP) is 3.17. The molecular formula is C13H20O3S. The van der Waals surface area contributed by atoms with Gasteiger partial charge in [-0.1, -0.05) is 12.2 Å². The van der Waals surface area contributed by atoms with Crippen LogP contribution < -0.4 is 0 Å². The molecule has 0 aromatic carbocycles. The Kier molecular flexibility index (Phi) is 3.67. The van der Waals surface area contributed by atoms with Gasteiger partial charge >= 0.3 is 5.97 Å². The lowest BCUT2D eigenvalue weighted by atomic mass is 9.94. The highest BCUT2D eigenvalue weighted by Gasteiger charge is 2.35. The molecule has 1 rings (SSSR count). The van der Waals surface area contributed by atoms with Crippen molar-refractivity contribution in [2.45, 2.75) is 59.2 Å². The summed E-state index contributed by atoms with van der Waals surface area (Å²) in [6.45, 7) is 11.2. The Labute approximate surface area is 108 Å². The Morgan fingerprint density at radius 2 is 1.94 bits per heavy atom. The standard InChI is InChI=1S/C13H20O3S/c1-8-10(11(14)16-12(2,3)4)9(17)7-13(5,6)15-8/h7H2,1-6H3. The number of hydrogen-bond acceptors (Lipinski definition) is 4. The molecule has 0 spiro atoms. The van der Waals surface area contributed by atoms with E-state index in [9.17, 15) is 4.79 Å². The van der Waals surface area contributed by atoms with E-state index >= 15 is 0 Å². The van der Waals surface area contributed by atoms with Gasteiger partial charge in [0.1, 0.15) is 22.5 Å². The van der Waals surface area contributed by atoms with Crippen LogP contribution in [0.1, 0.15) is 48.0 Å². The van der Waals surface area contributed by atoms with E-state index in [1.54, 1.807) is 6.92 Å². The lowest BCUT2D eigenvalue weighted by Gasteiger charge is -2.33. The van der Waals surface area contributed by atoms with Gasteiger partial charge in [0.15, 0.2) is 0 Å². The first kappa shape index (κ1) is 14.2. The number of allylic oxidation sites excluding steroid dienone is 1. The maximum Gasteiger partial charge on any atom is 0.343 e. The fourth-order valence-electron chi connectivity index (χ4n) is 1.76. The number of ether oxygens (including phenoxy) is 2. The Hall–Kier alpha value is -0.900. The Balaban J connectivity index is 2.97. The fraction of sp³-hybridized carbons (Fsp3) is 0.692. The number of rotatable bonds is 1. The van der Waals surface area contributed by atoms with E-state index in [0.717, 1.165) is 0 Å². The van der Waals surface area contributed by atoms with Crippen molar-refractivity contribution >= 4 is 23.1 Å². The summed E-state index contributed by atoms with van der Waals surface area (Å²) >= 11 is 5.28. The fourth-order valence-corrected chi connectivity index (χ4v) is 2.33. The van der Waals surface area contributed by atoms with Crippen LogP contribution in [-0.2, 0) is 14.3 Å². The van der Waals surface area contributed by atoms with Crippen LogP contribution in [0.2, 0.25) is 0 Å². The molecule has 0 amide bonds. The minimum Gasteiger partial charge on any atom is -0.491 e. The third-order valence-corrected chi connectivity index (χ3v) is 2.60. The molecule has 0 fully saturated rings. The third kappa shape index (κ3) is 3.80. The van der Waals surface area contributed by atoms with Crippen LogP contribution in [-0.4, -0.2) is 22.0 Å².